The van der Waals surface area contributed by atoms with Crippen molar-refractivity contribution >= 4 is 38.9 Å². The molecule has 4 rings (SSSR count). The summed E-state index contributed by atoms with van der Waals surface area (Å²) in [6, 6.07) is 5.38. The van der Waals surface area contributed by atoms with E-state index in [-0.39, 0.29) is 11.7 Å². The quantitative estimate of drug-likeness (QED) is 0.575. The van der Waals surface area contributed by atoms with Gasteiger partial charge in [-0.25, -0.2) is 15.0 Å². The van der Waals surface area contributed by atoms with Crippen molar-refractivity contribution in [2.45, 2.75) is 12.5 Å². The van der Waals surface area contributed by atoms with Gasteiger partial charge in [0.05, 0.1) is 10.3 Å². The molecule has 3 aromatic rings. The molecule has 24 heavy (non-hydrogen) atoms. The van der Waals surface area contributed by atoms with E-state index in [0.717, 1.165) is 35.5 Å². The van der Waals surface area contributed by atoms with Crippen LogP contribution in [0, 0.1) is 10.1 Å². The average Bonchev–Trinajstić information content (AvgIpc) is 3.24. The molecule has 0 amide bonds. The lowest BCUT2D eigenvalue weighted by Gasteiger charge is -2.18. The number of hydrogen-bond donors (Lipinski definition) is 1. The van der Waals surface area contributed by atoms with E-state index in [2.05, 4.69) is 25.2 Å². The summed E-state index contributed by atoms with van der Waals surface area (Å²) in [5.74, 6) is 1.61. The third-order valence-electron chi connectivity index (χ3n) is 4.04. The Labute approximate surface area is 141 Å². The summed E-state index contributed by atoms with van der Waals surface area (Å²) < 4.78 is 0. The van der Waals surface area contributed by atoms with E-state index in [1.807, 2.05) is 11.4 Å². The van der Waals surface area contributed by atoms with Gasteiger partial charge in [0, 0.05) is 25.2 Å². The van der Waals surface area contributed by atoms with Crippen LogP contribution in [0.15, 0.2) is 36.1 Å². The number of fused-ring (bicyclic) bond motifs is 1. The molecule has 3 aromatic heterocycles. The van der Waals surface area contributed by atoms with Gasteiger partial charge in [-0.3, -0.25) is 10.1 Å². The fourth-order valence-electron chi connectivity index (χ4n) is 2.89. The van der Waals surface area contributed by atoms with Gasteiger partial charge in [0.2, 0.25) is 0 Å². The number of rotatable bonds is 4. The van der Waals surface area contributed by atoms with Gasteiger partial charge >= 0.3 is 0 Å². The Kier molecular flexibility index (Phi) is 3.69. The van der Waals surface area contributed by atoms with Crippen LogP contribution in [0.3, 0.4) is 0 Å². The van der Waals surface area contributed by atoms with Crippen LogP contribution < -0.4 is 10.2 Å². The molecule has 1 unspecified atom stereocenters. The van der Waals surface area contributed by atoms with E-state index in [1.165, 1.54) is 12.3 Å². The third kappa shape index (κ3) is 2.73. The van der Waals surface area contributed by atoms with Crippen molar-refractivity contribution in [2.24, 2.45) is 0 Å². The van der Waals surface area contributed by atoms with E-state index in [9.17, 15) is 10.1 Å². The van der Waals surface area contributed by atoms with Crippen LogP contribution in [0.25, 0.3) is 10.2 Å². The molecular weight excluding hydrogens is 328 g/mol. The molecule has 0 aromatic carbocycles. The van der Waals surface area contributed by atoms with Crippen LogP contribution in [0.1, 0.15) is 6.42 Å². The zero-order valence-electron chi connectivity index (χ0n) is 12.6. The maximum absolute atomic E-state index is 10.7. The molecule has 1 saturated heterocycles. The number of hydrogen-bond acceptors (Lipinski definition) is 8. The van der Waals surface area contributed by atoms with E-state index in [0.29, 0.717) is 5.82 Å². The number of nitrogens with zero attached hydrogens (tertiary/aromatic N) is 5. The normalized spacial score (nSPS) is 17.3. The Hall–Kier alpha value is -2.81. The number of aromatic nitrogens is 3. The molecule has 1 aliphatic rings. The minimum absolute atomic E-state index is 0.00515. The number of pyridine rings is 1. The van der Waals surface area contributed by atoms with Crippen LogP contribution in [0.2, 0.25) is 0 Å². The van der Waals surface area contributed by atoms with Gasteiger partial charge in [0.15, 0.2) is 0 Å². The molecule has 1 fully saturated rings. The summed E-state index contributed by atoms with van der Waals surface area (Å²) in [7, 11) is 0. The summed E-state index contributed by atoms with van der Waals surface area (Å²) in [6.45, 7) is 1.70. The number of nitrogens with one attached hydrogen (secondary N) is 1. The molecule has 0 radical (unpaired) electrons. The lowest BCUT2D eigenvalue weighted by atomic mass is 10.2. The highest BCUT2D eigenvalue weighted by Crippen LogP contribution is 2.29. The molecule has 4 heterocycles. The summed E-state index contributed by atoms with van der Waals surface area (Å²) in [5, 5.41) is 17.1. The molecule has 0 aliphatic carbocycles. The van der Waals surface area contributed by atoms with Gasteiger partial charge in [-0.1, -0.05) is 0 Å². The first-order valence-corrected chi connectivity index (χ1v) is 8.39. The van der Waals surface area contributed by atoms with Crippen molar-refractivity contribution < 1.29 is 4.92 Å². The maximum atomic E-state index is 10.7. The third-order valence-corrected chi connectivity index (χ3v) is 4.86. The van der Waals surface area contributed by atoms with E-state index in [4.69, 9.17) is 0 Å². The Bertz CT molecular complexity index is 881. The van der Waals surface area contributed by atoms with Gasteiger partial charge in [0.25, 0.3) is 5.69 Å². The smallest absolute Gasteiger partial charge is 0.287 e. The van der Waals surface area contributed by atoms with Crippen LogP contribution in [0.5, 0.6) is 0 Å². The summed E-state index contributed by atoms with van der Waals surface area (Å²) >= 11 is 1.61. The Morgan fingerprint density at radius 2 is 2.21 bits per heavy atom. The first-order valence-electron chi connectivity index (χ1n) is 7.51. The molecule has 0 bridgehead atoms. The van der Waals surface area contributed by atoms with E-state index >= 15 is 0 Å². The Morgan fingerprint density at radius 1 is 1.29 bits per heavy atom. The highest BCUT2D eigenvalue weighted by Gasteiger charge is 2.25. The second kappa shape index (κ2) is 6.00. The fourth-order valence-corrected chi connectivity index (χ4v) is 3.62. The first-order chi connectivity index (χ1) is 11.7. The van der Waals surface area contributed by atoms with Crippen LogP contribution in [-0.4, -0.2) is 39.0 Å². The molecule has 9 heteroatoms. The second-order valence-electron chi connectivity index (χ2n) is 5.57. The van der Waals surface area contributed by atoms with Gasteiger partial charge in [-0.15, -0.1) is 11.3 Å². The first kappa shape index (κ1) is 14.8. The highest BCUT2D eigenvalue weighted by atomic mass is 32.1. The number of anilines is 2. The van der Waals surface area contributed by atoms with Crippen LogP contribution >= 0.6 is 11.3 Å². The molecule has 8 nitrogen and oxygen atoms in total. The Balaban J connectivity index is 1.46. The topological polar surface area (TPSA) is 97.1 Å². The summed E-state index contributed by atoms with van der Waals surface area (Å²) in [6.07, 6.45) is 3.83. The fraction of sp³-hybridized carbons (Fsp3) is 0.267. The minimum atomic E-state index is -0.449. The van der Waals surface area contributed by atoms with Crippen LogP contribution in [0.4, 0.5) is 17.3 Å². The largest absolute Gasteiger partial charge is 0.365 e. The molecule has 1 aliphatic heterocycles. The number of nitro groups is 1. The zero-order valence-corrected chi connectivity index (χ0v) is 13.4. The summed E-state index contributed by atoms with van der Waals surface area (Å²) in [5.41, 5.74) is -0.00515. The SMILES string of the molecule is O=[N+]([O-])c1ccc(NC2CCN(c3ncnc4sccc34)C2)nc1. The van der Waals surface area contributed by atoms with E-state index < -0.39 is 4.92 Å². The molecule has 1 N–H and O–H groups in total. The van der Waals surface area contributed by atoms with Gasteiger partial charge < -0.3 is 10.2 Å². The maximum Gasteiger partial charge on any atom is 0.287 e. The average molecular weight is 342 g/mol. The molecule has 122 valence electrons. The van der Waals surface area contributed by atoms with E-state index in [1.54, 1.807) is 23.7 Å². The van der Waals surface area contributed by atoms with Crippen molar-refractivity contribution in [1.82, 2.24) is 15.0 Å². The standard InChI is InChI=1S/C15H14N6O2S/c22-21(23)11-1-2-13(16-7-11)19-10-3-5-20(8-10)14-12-4-6-24-15(12)18-9-17-14/h1-2,4,6-7,9-10H,3,5,8H2,(H,16,19). The van der Waals surface area contributed by atoms with Crippen LogP contribution in [-0.2, 0) is 0 Å². The molecule has 0 saturated carbocycles. The van der Waals surface area contributed by atoms with Crippen molar-refractivity contribution in [2.75, 3.05) is 23.3 Å². The molecular formula is C15H14N6O2S. The van der Waals surface area contributed by atoms with Gasteiger partial charge in [0.1, 0.15) is 29.0 Å². The zero-order chi connectivity index (χ0) is 16.5. The highest BCUT2D eigenvalue weighted by molar-refractivity contribution is 7.16. The van der Waals surface area contributed by atoms with Crippen molar-refractivity contribution in [1.29, 1.82) is 0 Å². The minimum Gasteiger partial charge on any atom is -0.365 e. The lowest BCUT2D eigenvalue weighted by molar-refractivity contribution is -0.385. The van der Waals surface area contributed by atoms with Crippen molar-refractivity contribution in [3.05, 3.63) is 46.2 Å². The Morgan fingerprint density at radius 3 is 3.00 bits per heavy atom. The molecule has 0 spiro atoms. The second-order valence-corrected chi connectivity index (χ2v) is 6.47. The lowest BCUT2D eigenvalue weighted by Crippen LogP contribution is -2.27. The monoisotopic (exact) mass is 342 g/mol. The predicted octanol–water partition coefficient (Wildman–Crippen LogP) is 2.69. The van der Waals surface area contributed by atoms with Gasteiger partial charge in [-0.05, 0) is 23.9 Å². The predicted molar refractivity (Wildman–Crippen MR) is 92.5 cm³/mol. The molecule has 1 atom stereocenters. The van der Waals surface area contributed by atoms with Crippen molar-refractivity contribution in [3.63, 3.8) is 0 Å². The van der Waals surface area contributed by atoms with Crippen molar-refractivity contribution in [3.8, 4) is 0 Å². The number of thiophene rings is 1. The summed E-state index contributed by atoms with van der Waals surface area (Å²) in [4.78, 5) is 26.3. The van der Waals surface area contributed by atoms with Gasteiger partial charge in [-0.2, -0.15) is 0 Å².